The molecule has 1 aliphatic carbocycles. The van der Waals surface area contributed by atoms with Crippen molar-refractivity contribution in [1.82, 2.24) is 56.4 Å². The van der Waals surface area contributed by atoms with Crippen molar-refractivity contribution in [3.05, 3.63) is 82.3 Å². The van der Waals surface area contributed by atoms with Crippen LogP contribution in [0.2, 0.25) is 5.02 Å². The standard InChI is InChI=1S/C68H116ClF3N12O3S/c1-15-49(6)62-42-77-61(40-47(2)3)51(8)76-43-63-64(66(85)82-35-19-16-20-36-82)54(11)84(63)65(48(4)5)52(9)79-67(29-17-18-30-67)46-74-33-32-73-31-27-56(25-23-55-24-26-59(60(69)41-55)68(70,71)72)75-34-38-80(12)44-57(28-39-88(14,86)87)81(13)45-58-22-21-37-83(58)53(10)50(7)78-62/h24,26-27,31,34,38,41,44-45,47-54,61-65,74-79H,15-23,25,28-30,32-33,35-37,39-40,42-43,46H2,1-14H3/t49-,50?,51?,52?,53-,54?,61-,62+,63?,64-,65-/m0/s1. The Morgan fingerprint density at radius 1 is 0.864 bits per heavy atom. The van der Waals surface area contributed by atoms with Gasteiger partial charge in [-0.15, -0.1) is 0 Å². The summed E-state index contributed by atoms with van der Waals surface area (Å²) in [4.78, 5) is 30.9. The second-order valence-corrected chi connectivity index (χ2v) is 30.4. The fraction of sp³-hybridized carbons (Fsp3) is 0.765. The average molecular weight is 1270 g/mol. The van der Waals surface area contributed by atoms with Crippen LogP contribution in [0, 0.1) is 23.7 Å². The summed E-state index contributed by atoms with van der Waals surface area (Å²) >= 11 is 6.16. The van der Waals surface area contributed by atoms with Gasteiger partial charge in [0.1, 0.15) is 9.84 Å². The summed E-state index contributed by atoms with van der Waals surface area (Å²) in [5.74, 6) is 1.49. The molecule has 5 aliphatic rings. The number of carbonyl (C=O) groups excluding carboxylic acids is 1. The van der Waals surface area contributed by atoms with Crippen molar-refractivity contribution in [3.8, 4) is 0 Å². The summed E-state index contributed by atoms with van der Waals surface area (Å²) in [5, 5.41) is 23.5. The molecule has 88 heavy (non-hydrogen) atoms. The van der Waals surface area contributed by atoms with Gasteiger partial charge in [-0.25, -0.2) is 8.42 Å². The molecule has 6 N–H and O–H groups in total. The zero-order valence-electron chi connectivity index (χ0n) is 56.3. The fourth-order valence-corrected chi connectivity index (χ4v) is 15.4. The van der Waals surface area contributed by atoms with Crippen LogP contribution in [0.1, 0.15) is 171 Å². The number of rotatable bonds is 12. The van der Waals surface area contributed by atoms with Crippen LogP contribution in [0.25, 0.3) is 0 Å². The van der Waals surface area contributed by atoms with Gasteiger partial charge >= 0.3 is 6.18 Å². The van der Waals surface area contributed by atoms with Crippen LogP contribution in [0.4, 0.5) is 13.2 Å². The molecule has 6 rings (SSSR count). The lowest BCUT2D eigenvalue weighted by atomic mass is 9.74. The molecule has 0 bridgehead atoms. The number of hydrogen-bond acceptors (Lipinski definition) is 14. The Labute approximate surface area is 535 Å². The van der Waals surface area contributed by atoms with Crippen LogP contribution in [0.3, 0.4) is 0 Å². The number of hydrogen-bond donors (Lipinski definition) is 6. The first-order valence-corrected chi connectivity index (χ1v) is 36.1. The first-order valence-electron chi connectivity index (χ1n) is 33.7. The minimum absolute atomic E-state index is 0.00868. The largest absolute Gasteiger partial charge is 0.417 e. The molecular weight excluding hydrogens is 1160 g/mol. The van der Waals surface area contributed by atoms with E-state index < -0.39 is 21.6 Å². The van der Waals surface area contributed by atoms with Crippen LogP contribution in [-0.4, -0.2) is 183 Å². The molecule has 4 fully saturated rings. The highest BCUT2D eigenvalue weighted by Crippen LogP contribution is 2.41. The Morgan fingerprint density at radius 3 is 2.23 bits per heavy atom. The molecule has 15 nitrogen and oxygen atoms in total. The molecule has 500 valence electrons. The van der Waals surface area contributed by atoms with Gasteiger partial charge < -0.3 is 51.5 Å². The van der Waals surface area contributed by atoms with Gasteiger partial charge in [-0.1, -0.05) is 78.5 Å². The number of piperidine rings is 1. The van der Waals surface area contributed by atoms with Crippen molar-refractivity contribution in [2.24, 2.45) is 28.7 Å². The molecule has 11 atom stereocenters. The molecule has 1 aromatic rings. The van der Waals surface area contributed by atoms with Crippen molar-refractivity contribution in [2.75, 3.05) is 78.5 Å². The summed E-state index contributed by atoms with van der Waals surface area (Å²) in [5.41, 5.74) is 2.58. The van der Waals surface area contributed by atoms with E-state index in [1.54, 1.807) is 6.21 Å². The molecule has 5 unspecified atom stereocenters. The van der Waals surface area contributed by atoms with Crippen molar-refractivity contribution in [3.63, 3.8) is 0 Å². The smallest absolute Gasteiger partial charge is 0.369 e. The number of benzene rings is 1. The number of nitrogens with one attached hydrogen (secondary N) is 6. The summed E-state index contributed by atoms with van der Waals surface area (Å²) in [6.07, 6.45) is 21.3. The first kappa shape index (κ1) is 73.4. The van der Waals surface area contributed by atoms with Crippen molar-refractivity contribution < 1.29 is 26.4 Å². The summed E-state index contributed by atoms with van der Waals surface area (Å²) in [7, 11) is 0.623. The Kier molecular flexibility index (Phi) is 28.6. The molecule has 20 heteroatoms. The van der Waals surface area contributed by atoms with E-state index in [0.29, 0.717) is 61.6 Å². The normalized spacial score (nSPS) is 29.2. The number of fused-ring (bicyclic) bond motifs is 2. The van der Waals surface area contributed by atoms with Crippen molar-refractivity contribution in [2.45, 2.75) is 232 Å². The minimum Gasteiger partial charge on any atom is -0.369 e. The maximum absolute atomic E-state index is 14.8. The third-order valence-corrected chi connectivity index (χ3v) is 21.2. The van der Waals surface area contributed by atoms with Gasteiger partial charge in [-0.3, -0.25) is 14.7 Å². The SMILES string of the molecule is CC[C@H](C)[C@H]1CN[C@@H](CC(C)C)C(C)NCC2[C@@H](C(=O)N3CCCCC3)C(C)N2[C@@H](C(C)C)C(C)NC2(CCCC2)CNCCN=CC=C(CCc2ccc(C(F)(F)F)c(Cl)c2)NC=CN(C)C=C(CCS(C)(=O)=O)N(C)C=C2CCCN2[C@@H](C)C(C)N1. The molecule has 1 aromatic carbocycles. The van der Waals surface area contributed by atoms with Gasteiger partial charge in [0, 0.05) is 181 Å². The predicted octanol–water partition coefficient (Wildman–Crippen LogP) is 10.8. The lowest BCUT2D eigenvalue weighted by molar-refractivity contribution is -0.162. The Hall–Kier alpha value is -3.69. The van der Waals surface area contributed by atoms with Crippen LogP contribution < -0.4 is 31.9 Å². The third-order valence-electron chi connectivity index (χ3n) is 19.9. The zero-order valence-corrected chi connectivity index (χ0v) is 57.9. The zero-order chi connectivity index (χ0) is 64.5. The van der Waals surface area contributed by atoms with Gasteiger partial charge in [0.25, 0.3) is 0 Å². The molecule has 1 saturated carbocycles. The Morgan fingerprint density at radius 2 is 1.58 bits per heavy atom. The quantitative estimate of drug-likeness (QED) is 0.118. The van der Waals surface area contributed by atoms with E-state index in [2.05, 4.69) is 134 Å². The van der Waals surface area contributed by atoms with E-state index >= 15 is 0 Å². The maximum atomic E-state index is 14.8. The van der Waals surface area contributed by atoms with Crippen molar-refractivity contribution >= 4 is 33.6 Å². The van der Waals surface area contributed by atoms with Gasteiger partial charge in [-0.2, -0.15) is 13.2 Å². The van der Waals surface area contributed by atoms with E-state index in [1.807, 2.05) is 43.7 Å². The molecule has 0 radical (unpaired) electrons. The molecule has 3 saturated heterocycles. The number of allylic oxidation sites excluding steroid dienone is 4. The molecule has 1 amide bonds. The third kappa shape index (κ3) is 21.4. The van der Waals surface area contributed by atoms with Crippen LogP contribution in [0.15, 0.2) is 71.2 Å². The number of sulfone groups is 1. The number of amides is 1. The summed E-state index contributed by atoms with van der Waals surface area (Å²) in [6.45, 7) is 31.9. The number of aliphatic imine (C=N–C) groups is 1. The highest BCUT2D eigenvalue weighted by Gasteiger charge is 2.55. The van der Waals surface area contributed by atoms with Gasteiger partial charge in [-0.05, 0) is 140 Å². The maximum Gasteiger partial charge on any atom is 0.417 e. The number of halogens is 4. The number of aryl methyl sites for hydroxylation is 1. The van der Waals surface area contributed by atoms with E-state index in [9.17, 15) is 26.4 Å². The Balaban J connectivity index is 1.33. The average Bonchev–Trinajstić information content (AvgIpc) is 1.11. The predicted molar refractivity (Wildman–Crippen MR) is 359 cm³/mol. The second-order valence-electron chi connectivity index (χ2n) is 27.7. The van der Waals surface area contributed by atoms with E-state index in [-0.39, 0.29) is 76.6 Å². The van der Waals surface area contributed by atoms with E-state index in [1.165, 1.54) is 43.3 Å². The monoisotopic (exact) mass is 1270 g/mol. The van der Waals surface area contributed by atoms with E-state index in [4.69, 9.17) is 16.6 Å². The van der Waals surface area contributed by atoms with Gasteiger partial charge in [0.2, 0.25) is 5.91 Å². The molecule has 0 aromatic heterocycles. The molecule has 4 heterocycles. The van der Waals surface area contributed by atoms with Gasteiger partial charge in [0.15, 0.2) is 0 Å². The molecular formula is C68H116ClF3N12O3S. The van der Waals surface area contributed by atoms with Crippen molar-refractivity contribution in [1.29, 1.82) is 0 Å². The highest BCUT2D eigenvalue weighted by atomic mass is 35.5. The Bertz CT molecular complexity index is 2600. The summed E-state index contributed by atoms with van der Waals surface area (Å²) < 4.78 is 66.2. The van der Waals surface area contributed by atoms with E-state index in [0.717, 1.165) is 108 Å². The van der Waals surface area contributed by atoms with Crippen LogP contribution in [0.5, 0.6) is 0 Å². The highest BCUT2D eigenvalue weighted by molar-refractivity contribution is 7.90. The number of alkyl halides is 3. The second kappa shape index (κ2) is 34.3. The molecule has 1 spiro atoms. The van der Waals surface area contributed by atoms with Gasteiger partial charge in [0.05, 0.1) is 28.8 Å². The number of carbonyl (C=O) groups is 1. The minimum atomic E-state index is -4.55. The number of likely N-dealkylation sites (tertiary alicyclic amines) is 1. The van der Waals surface area contributed by atoms with Crippen LogP contribution >= 0.6 is 11.6 Å². The first-order chi connectivity index (χ1) is 41.6. The summed E-state index contributed by atoms with van der Waals surface area (Å²) in [6, 6.07) is 5.37. The van der Waals surface area contributed by atoms with Crippen LogP contribution in [-0.2, 0) is 27.2 Å². The topological polar surface area (TPSA) is 152 Å². The number of nitrogens with zero attached hydrogens (tertiary/aromatic N) is 6. The lowest BCUT2D eigenvalue weighted by Gasteiger charge is -2.60. The lowest BCUT2D eigenvalue weighted by Crippen LogP contribution is -2.76. The molecule has 4 aliphatic heterocycles. The fourth-order valence-electron chi connectivity index (χ4n) is 14.5.